The highest BCUT2D eigenvalue weighted by atomic mass is 16.2. The Morgan fingerprint density at radius 1 is 1.50 bits per heavy atom. The lowest BCUT2D eigenvalue weighted by atomic mass is 9.96. The van der Waals surface area contributed by atoms with E-state index in [0.29, 0.717) is 6.54 Å². The van der Waals surface area contributed by atoms with E-state index in [-0.39, 0.29) is 24.3 Å². The molecule has 1 aliphatic rings. The third-order valence-corrected chi connectivity index (χ3v) is 3.90. The van der Waals surface area contributed by atoms with Gasteiger partial charge in [-0.15, -0.1) is 0 Å². The normalized spacial score (nSPS) is 20.8. The van der Waals surface area contributed by atoms with Crippen LogP contribution in [0, 0.1) is 12.8 Å². The second-order valence-electron chi connectivity index (χ2n) is 5.39. The summed E-state index contributed by atoms with van der Waals surface area (Å²) < 4.78 is 0. The van der Waals surface area contributed by atoms with Crippen molar-refractivity contribution in [2.24, 2.45) is 5.92 Å². The lowest BCUT2D eigenvalue weighted by molar-refractivity contribution is -0.146. The third-order valence-electron chi connectivity index (χ3n) is 3.90. The fraction of sp³-hybridized carbons (Fsp3) is 0.533. The van der Waals surface area contributed by atoms with Gasteiger partial charge in [0.2, 0.25) is 11.8 Å². The summed E-state index contributed by atoms with van der Waals surface area (Å²) in [6.07, 6.45) is 2.57. The zero-order valence-electron chi connectivity index (χ0n) is 12.2. The fourth-order valence-electron chi connectivity index (χ4n) is 2.35. The summed E-state index contributed by atoms with van der Waals surface area (Å²) in [4.78, 5) is 30.2. The molecule has 0 aromatic carbocycles. The van der Waals surface area contributed by atoms with Crippen molar-refractivity contribution < 1.29 is 9.59 Å². The summed E-state index contributed by atoms with van der Waals surface area (Å²) in [5, 5.41) is 2.80. The molecule has 2 unspecified atom stereocenters. The van der Waals surface area contributed by atoms with E-state index in [2.05, 4.69) is 10.3 Å². The Labute approximate surface area is 119 Å². The van der Waals surface area contributed by atoms with Crippen molar-refractivity contribution in [2.45, 2.75) is 39.8 Å². The number of hydrogen-bond donors (Lipinski definition) is 1. The molecular weight excluding hydrogens is 254 g/mol. The number of nitrogens with one attached hydrogen (secondary N) is 1. The zero-order valence-corrected chi connectivity index (χ0v) is 12.2. The number of nitrogens with zero attached hydrogens (tertiary/aromatic N) is 2. The predicted molar refractivity (Wildman–Crippen MR) is 75.8 cm³/mol. The maximum atomic E-state index is 12.5. The first-order valence-corrected chi connectivity index (χ1v) is 7.01. The van der Waals surface area contributed by atoms with Crippen LogP contribution in [0.15, 0.2) is 18.3 Å². The summed E-state index contributed by atoms with van der Waals surface area (Å²) in [6, 6.07) is 3.42. The van der Waals surface area contributed by atoms with E-state index in [4.69, 9.17) is 0 Å². The summed E-state index contributed by atoms with van der Waals surface area (Å²) in [7, 11) is 0. The molecule has 0 aliphatic carbocycles. The first-order valence-electron chi connectivity index (χ1n) is 7.01. The Balaban J connectivity index is 2.16. The third kappa shape index (κ3) is 2.98. The average molecular weight is 275 g/mol. The highest BCUT2D eigenvalue weighted by molar-refractivity contribution is 5.94. The van der Waals surface area contributed by atoms with Crippen LogP contribution in [-0.4, -0.2) is 34.3 Å². The molecule has 1 aromatic heterocycles. The number of rotatable bonds is 4. The molecule has 2 rings (SSSR count). The monoisotopic (exact) mass is 275 g/mol. The van der Waals surface area contributed by atoms with E-state index in [0.717, 1.165) is 17.7 Å². The van der Waals surface area contributed by atoms with Gasteiger partial charge in [-0.25, -0.2) is 0 Å². The molecule has 20 heavy (non-hydrogen) atoms. The van der Waals surface area contributed by atoms with E-state index < -0.39 is 6.04 Å². The maximum Gasteiger partial charge on any atom is 0.246 e. The van der Waals surface area contributed by atoms with Crippen LogP contribution in [0.25, 0.3) is 0 Å². The molecule has 5 heteroatoms. The molecule has 0 spiro atoms. The van der Waals surface area contributed by atoms with E-state index in [1.54, 1.807) is 11.1 Å². The van der Waals surface area contributed by atoms with Crippen molar-refractivity contribution in [3.63, 3.8) is 0 Å². The van der Waals surface area contributed by atoms with Gasteiger partial charge in [0, 0.05) is 6.20 Å². The quantitative estimate of drug-likeness (QED) is 0.900. The largest absolute Gasteiger partial charge is 0.342 e. The molecule has 0 saturated carbocycles. The average Bonchev–Trinajstić information content (AvgIpc) is 2.44. The van der Waals surface area contributed by atoms with Gasteiger partial charge >= 0.3 is 0 Å². The molecule has 5 nitrogen and oxygen atoms in total. The number of pyridine rings is 1. The van der Waals surface area contributed by atoms with E-state index >= 15 is 0 Å². The highest BCUT2D eigenvalue weighted by Crippen LogP contribution is 2.16. The first kappa shape index (κ1) is 14.5. The second kappa shape index (κ2) is 6.03. The Morgan fingerprint density at radius 3 is 2.90 bits per heavy atom. The van der Waals surface area contributed by atoms with Crippen LogP contribution in [-0.2, 0) is 16.1 Å². The van der Waals surface area contributed by atoms with Crippen molar-refractivity contribution >= 4 is 11.8 Å². The van der Waals surface area contributed by atoms with Gasteiger partial charge in [-0.2, -0.15) is 0 Å². The van der Waals surface area contributed by atoms with Gasteiger partial charge in [-0.3, -0.25) is 14.6 Å². The molecule has 2 atom stereocenters. The molecule has 108 valence electrons. The smallest absolute Gasteiger partial charge is 0.246 e. The Hall–Kier alpha value is -1.91. The molecule has 1 fully saturated rings. The number of amides is 2. The van der Waals surface area contributed by atoms with Crippen molar-refractivity contribution in [3.8, 4) is 0 Å². The second-order valence-corrected chi connectivity index (χ2v) is 5.39. The first-order chi connectivity index (χ1) is 9.52. The Kier molecular flexibility index (Phi) is 4.37. The number of hydrogen-bond acceptors (Lipinski definition) is 3. The van der Waals surface area contributed by atoms with Gasteiger partial charge in [-0.05, 0) is 24.5 Å². The van der Waals surface area contributed by atoms with Crippen molar-refractivity contribution in [1.82, 2.24) is 15.2 Å². The molecule has 0 bridgehead atoms. The van der Waals surface area contributed by atoms with Crippen LogP contribution < -0.4 is 5.32 Å². The van der Waals surface area contributed by atoms with Gasteiger partial charge in [0.1, 0.15) is 12.6 Å². The summed E-state index contributed by atoms with van der Waals surface area (Å²) in [5.74, 6) is 0.0339. The van der Waals surface area contributed by atoms with Crippen LogP contribution >= 0.6 is 0 Å². The minimum Gasteiger partial charge on any atom is -0.342 e. The molecule has 1 aliphatic heterocycles. The molecule has 2 amide bonds. The van der Waals surface area contributed by atoms with Gasteiger partial charge in [0.05, 0.1) is 12.2 Å². The standard InChI is InChI=1S/C15H21N3O2/c1-4-10(2)14-15(20)18(9-13(19)17-14)8-12-11(3)6-5-7-16-12/h5-7,10,14H,4,8-9H2,1-3H3,(H,17,19). The summed E-state index contributed by atoms with van der Waals surface area (Å²) in [5.41, 5.74) is 1.88. The van der Waals surface area contributed by atoms with Crippen LogP contribution in [0.3, 0.4) is 0 Å². The fourth-order valence-corrected chi connectivity index (χ4v) is 2.35. The molecule has 2 heterocycles. The van der Waals surface area contributed by atoms with Gasteiger partial charge in [0.25, 0.3) is 0 Å². The van der Waals surface area contributed by atoms with Crippen molar-refractivity contribution in [2.75, 3.05) is 6.54 Å². The van der Waals surface area contributed by atoms with Crippen LogP contribution in [0.4, 0.5) is 0 Å². The van der Waals surface area contributed by atoms with Gasteiger partial charge in [0.15, 0.2) is 0 Å². The lowest BCUT2D eigenvalue weighted by Crippen LogP contribution is -2.59. The molecule has 1 saturated heterocycles. The van der Waals surface area contributed by atoms with E-state index in [9.17, 15) is 9.59 Å². The lowest BCUT2D eigenvalue weighted by Gasteiger charge is -2.35. The number of aromatic nitrogens is 1. The summed E-state index contributed by atoms with van der Waals surface area (Å²) in [6.45, 7) is 6.47. The van der Waals surface area contributed by atoms with Crippen LogP contribution in [0.5, 0.6) is 0 Å². The topological polar surface area (TPSA) is 62.3 Å². The molecule has 1 N–H and O–H groups in total. The predicted octanol–water partition coefficient (Wildman–Crippen LogP) is 1.26. The van der Waals surface area contributed by atoms with Gasteiger partial charge < -0.3 is 10.2 Å². The van der Waals surface area contributed by atoms with Crippen molar-refractivity contribution in [3.05, 3.63) is 29.6 Å². The van der Waals surface area contributed by atoms with E-state index in [1.807, 2.05) is 32.9 Å². The van der Waals surface area contributed by atoms with Crippen LogP contribution in [0.2, 0.25) is 0 Å². The minimum atomic E-state index is -0.412. The Bertz CT molecular complexity index is 516. The summed E-state index contributed by atoms with van der Waals surface area (Å²) >= 11 is 0. The van der Waals surface area contributed by atoms with Crippen LogP contribution in [0.1, 0.15) is 31.5 Å². The maximum absolute atomic E-state index is 12.5. The molecule has 0 radical (unpaired) electrons. The SMILES string of the molecule is CCC(C)C1NC(=O)CN(Cc2ncccc2C)C1=O. The van der Waals surface area contributed by atoms with E-state index in [1.165, 1.54) is 0 Å². The zero-order chi connectivity index (χ0) is 14.7. The van der Waals surface area contributed by atoms with Crippen molar-refractivity contribution in [1.29, 1.82) is 0 Å². The molecule has 1 aromatic rings. The number of aryl methyl sites for hydroxylation is 1. The molecular formula is C15H21N3O2. The Morgan fingerprint density at radius 2 is 2.25 bits per heavy atom. The number of carbonyl (C=O) groups excluding carboxylic acids is 2. The highest BCUT2D eigenvalue weighted by Gasteiger charge is 2.35. The van der Waals surface area contributed by atoms with Gasteiger partial charge in [-0.1, -0.05) is 26.3 Å². The minimum absolute atomic E-state index is 0.0102. The number of piperazine rings is 1. The number of carbonyl (C=O) groups is 2.